The minimum Gasteiger partial charge on any atom is -0.497 e. The lowest BCUT2D eigenvalue weighted by Crippen LogP contribution is -2.30. The number of amides is 1. The number of rotatable bonds is 6. The fourth-order valence-electron chi connectivity index (χ4n) is 2.06. The number of nitrogens with one attached hydrogen (secondary N) is 2. The van der Waals surface area contributed by atoms with Crippen molar-refractivity contribution in [1.29, 1.82) is 0 Å². The van der Waals surface area contributed by atoms with E-state index < -0.39 is 0 Å². The molecule has 0 heterocycles. The molecule has 0 unspecified atom stereocenters. The summed E-state index contributed by atoms with van der Waals surface area (Å²) in [5.74, 6) is 0.646. The van der Waals surface area contributed by atoms with Crippen LogP contribution in [0, 0.1) is 0 Å². The van der Waals surface area contributed by atoms with E-state index in [-0.39, 0.29) is 18.5 Å². The smallest absolute Gasteiger partial charge is 0.238 e. The third kappa shape index (κ3) is 4.48. The Kier molecular flexibility index (Phi) is 5.81. The average Bonchev–Trinajstić information content (AvgIpc) is 2.54. The Morgan fingerprint density at radius 2 is 1.86 bits per heavy atom. The molecule has 2 rings (SSSR count). The predicted molar refractivity (Wildman–Crippen MR) is 89.5 cm³/mol. The van der Waals surface area contributed by atoms with E-state index in [1.54, 1.807) is 31.4 Å². The topological polar surface area (TPSA) is 50.4 Å². The second-order valence-electron chi connectivity index (χ2n) is 4.90. The predicted octanol–water partition coefficient (Wildman–Crippen LogP) is 3.64. The molecular formula is C17H19ClN2O2. The maximum absolute atomic E-state index is 11.9. The Morgan fingerprint density at radius 1 is 1.18 bits per heavy atom. The molecule has 2 aromatic carbocycles. The normalized spacial score (nSPS) is 11.8. The zero-order valence-corrected chi connectivity index (χ0v) is 13.4. The van der Waals surface area contributed by atoms with Gasteiger partial charge in [-0.25, -0.2) is 0 Å². The van der Waals surface area contributed by atoms with E-state index in [9.17, 15) is 4.79 Å². The van der Waals surface area contributed by atoms with Crippen molar-refractivity contribution >= 4 is 23.2 Å². The lowest BCUT2D eigenvalue weighted by molar-refractivity contribution is -0.115. The van der Waals surface area contributed by atoms with Gasteiger partial charge in [-0.05, 0) is 42.8 Å². The Bertz CT molecular complexity index is 629. The van der Waals surface area contributed by atoms with Crippen LogP contribution in [0.3, 0.4) is 0 Å². The highest BCUT2D eigenvalue weighted by molar-refractivity contribution is 6.31. The van der Waals surface area contributed by atoms with Crippen molar-refractivity contribution in [3.63, 3.8) is 0 Å². The fourth-order valence-corrected chi connectivity index (χ4v) is 2.36. The van der Waals surface area contributed by atoms with Gasteiger partial charge < -0.3 is 15.4 Å². The molecule has 1 amide bonds. The third-order valence-electron chi connectivity index (χ3n) is 3.31. The molecule has 5 heteroatoms. The number of benzene rings is 2. The van der Waals surface area contributed by atoms with Crippen molar-refractivity contribution in [3.8, 4) is 5.75 Å². The van der Waals surface area contributed by atoms with Gasteiger partial charge in [-0.1, -0.05) is 29.8 Å². The van der Waals surface area contributed by atoms with Crippen molar-refractivity contribution in [2.45, 2.75) is 13.0 Å². The van der Waals surface area contributed by atoms with Crippen LogP contribution in [-0.4, -0.2) is 19.6 Å². The quantitative estimate of drug-likeness (QED) is 0.855. The third-order valence-corrected chi connectivity index (χ3v) is 3.66. The molecule has 2 aromatic rings. The minimum atomic E-state index is -0.107. The molecule has 0 aliphatic rings. The number of carbonyl (C=O) groups excluding carboxylic acids is 1. The number of ether oxygens (including phenoxy) is 1. The lowest BCUT2D eigenvalue weighted by atomic mass is 10.1. The largest absolute Gasteiger partial charge is 0.497 e. The second kappa shape index (κ2) is 7.82. The highest BCUT2D eigenvalue weighted by Gasteiger charge is 2.10. The van der Waals surface area contributed by atoms with Crippen LogP contribution in [0.1, 0.15) is 18.5 Å². The molecule has 2 N–H and O–H groups in total. The Morgan fingerprint density at radius 3 is 2.50 bits per heavy atom. The monoisotopic (exact) mass is 318 g/mol. The van der Waals surface area contributed by atoms with Gasteiger partial charge in [0.05, 0.1) is 13.7 Å². The molecule has 22 heavy (non-hydrogen) atoms. The van der Waals surface area contributed by atoms with E-state index in [0.29, 0.717) is 5.02 Å². The van der Waals surface area contributed by atoms with Gasteiger partial charge in [0.2, 0.25) is 5.91 Å². The molecular weight excluding hydrogens is 300 g/mol. The Balaban J connectivity index is 1.85. The highest BCUT2D eigenvalue weighted by Crippen LogP contribution is 2.22. The molecule has 0 saturated carbocycles. The molecule has 0 fully saturated rings. The minimum absolute atomic E-state index is 0.00434. The first kappa shape index (κ1) is 16.3. The summed E-state index contributed by atoms with van der Waals surface area (Å²) in [5, 5.41) is 6.68. The van der Waals surface area contributed by atoms with Crippen LogP contribution < -0.4 is 15.4 Å². The summed E-state index contributed by atoms with van der Waals surface area (Å²) in [6, 6.07) is 14.8. The SMILES string of the molecule is COc1ccc(NC(=O)CN[C@@H](C)c2ccccc2Cl)cc1. The molecule has 4 nitrogen and oxygen atoms in total. The summed E-state index contributed by atoms with van der Waals surface area (Å²) in [7, 11) is 1.60. The fraction of sp³-hybridized carbons (Fsp3) is 0.235. The maximum atomic E-state index is 11.9. The van der Waals surface area contributed by atoms with Gasteiger partial charge in [0, 0.05) is 16.8 Å². The van der Waals surface area contributed by atoms with Crippen molar-refractivity contribution in [2.75, 3.05) is 19.0 Å². The number of methoxy groups -OCH3 is 1. The number of hydrogen-bond acceptors (Lipinski definition) is 3. The molecule has 0 aliphatic heterocycles. The van der Waals surface area contributed by atoms with Crippen LogP contribution in [0.25, 0.3) is 0 Å². The summed E-state index contributed by atoms with van der Waals surface area (Å²) in [6.45, 7) is 2.18. The van der Waals surface area contributed by atoms with Crippen molar-refractivity contribution in [3.05, 3.63) is 59.1 Å². The van der Waals surface area contributed by atoms with Crippen LogP contribution in [0.5, 0.6) is 5.75 Å². The van der Waals surface area contributed by atoms with E-state index >= 15 is 0 Å². The Hall–Kier alpha value is -2.04. The van der Waals surface area contributed by atoms with Crippen molar-refractivity contribution in [1.82, 2.24) is 5.32 Å². The average molecular weight is 319 g/mol. The van der Waals surface area contributed by atoms with Gasteiger partial charge in [0.25, 0.3) is 0 Å². The van der Waals surface area contributed by atoms with Gasteiger partial charge in [-0.3, -0.25) is 4.79 Å². The number of anilines is 1. The van der Waals surface area contributed by atoms with E-state index in [1.165, 1.54) is 0 Å². The van der Waals surface area contributed by atoms with Crippen molar-refractivity contribution < 1.29 is 9.53 Å². The highest BCUT2D eigenvalue weighted by atomic mass is 35.5. The number of halogens is 1. The molecule has 0 bridgehead atoms. The molecule has 0 aliphatic carbocycles. The summed E-state index contributed by atoms with van der Waals surface area (Å²) < 4.78 is 5.08. The van der Waals surface area contributed by atoms with Gasteiger partial charge >= 0.3 is 0 Å². The van der Waals surface area contributed by atoms with Gasteiger partial charge in [0.15, 0.2) is 0 Å². The molecule has 0 saturated heterocycles. The van der Waals surface area contributed by atoms with Gasteiger partial charge in [-0.15, -0.1) is 0 Å². The van der Waals surface area contributed by atoms with E-state index in [1.807, 2.05) is 31.2 Å². The second-order valence-corrected chi connectivity index (χ2v) is 5.31. The zero-order chi connectivity index (χ0) is 15.9. The van der Waals surface area contributed by atoms with Crippen LogP contribution in [0.15, 0.2) is 48.5 Å². The zero-order valence-electron chi connectivity index (χ0n) is 12.6. The van der Waals surface area contributed by atoms with E-state index in [2.05, 4.69) is 10.6 Å². The van der Waals surface area contributed by atoms with Gasteiger partial charge in [-0.2, -0.15) is 0 Å². The van der Waals surface area contributed by atoms with E-state index in [0.717, 1.165) is 17.0 Å². The summed E-state index contributed by atoms with van der Waals surface area (Å²) in [4.78, 5) is 11.9. The summed E-state index contributed by atoms with van der Waals surface area (Å²) >= 11 is 6.14. The molecule has 0 aromatic heterocycles. The first-order valence-corrected chi connectivity index (χ1v) is 7.39. The standard InChI is InChI=1S/C17H19ClN2O2/c1-12(15-5-3-4-6-16(15)18)19-11-17(21)20-13-7-9-14(22-2)10-8-13/h3-10,12,19H,11H2,1-2H3,(H,20,21)/t12-/m0/s1. The first-order valence-electron chi connectivity index (χ1n) is 7.02. The summed E-state index contributed by atoms with van der Waals surface area (Å²) in [5.41, 5.74) is 1.71. The first-order chi connectivity index (χ1) is 10.6. The lowest BCUT2D eigenvalue weighted by Gasteiger charge is -2.15. The molecule has 0 spiro atoms. The molecule has 1 atom stereocenters. The number of hydrogen-bond donors (Lipinski definition) is 2. The van der Waals surface area contributed by atoms with Crippen LogP contribution in [0.2, 0.25) is 5.02 Å². The van der Waals surface area contributed by atoms with Crippen molar-refractivity contribution in [2.24, 2.45) is 0 Å². The van der Waals surface area contributed by atoms with Crippen LogP contribution in [0.4, 0.5) is 5.69 Å². The Labute approximate surface area is 135 Å². The van der Waals surface area contributed by atoms with Gasteiger partial charge in [0.1, 0.15) is 5.75 Å². The maximum Gasteiger partial charge on any atom is 0.238 e. The van der Waals surface area contributed by atoms with E-state index in [4.69, 9.17) is 16.3 Å². The van der Waals surface area contributed by atoms with Crippen LogP contribution in [-0.2, 0) is 4.79 Å². The summed E-state index contributed by atoms with van der Waals surface area (Å²) in [6.07, 6.45) is 0. The number of carbonyl (C=O) groups is 1. The molecule has 0 radical (unpaired) electrons. The molecule has 116 valence electrons. The van der Waals surface area contributed by atoms with Crippen LogP contribution >= 0.6 is 11.6 Å².